The van der Waals surface area contributed by atoms with E-state index in [0.29, 0.717) is 12.3 Å². The highest BCUT2D eigenvalue weighted by molar-refractivity contribution is 5.76. The van der Waals surface area contributed by atoms with Gasteiger partial charge in [0.05, 0.1) is 24.7 Å². The highest BCUT2D eigenvalue weighted by atomic mass is 16.5. The molecule has 0 bridgehead atoms. The molecule has 0 spiro atoms. The van der Waals surface area contributed by atoms with E-state index in [1.807, 2.05) is 13.8 Å². The Balaban J connectivity index is 1.78. The quantitative estimate of drug-likeness (QED) is 0.290. The van der Waals surface area contributed by atoms with Gasteiger partial charge in [0.2, 0.25) is 5.91 Å². The second kappa shape index (κ2) is 8.72. The Labute approximate surface area is 147 Å². The molecule has 25 heavy (non-hydrogen) atoms. The minimum Gasteiger partial charge on any atom is -0.388 e. The van der Waals surface area contributed by atoms with Crippen molar-refractivity contribution < 1.29 is 34.7 Å². The zero-order chi connectivity index (χ0) is 18.7. The predicted molar refractivity (Wildman–Crippen MR) is 87.5 cm³/mol. The molecule has 0 aliphatic carbocycles. The van der Waals surface area contributed by atoms with Crippen molar-refractivity contribution in [3.8, 4) is 0 Å². The fourth-order valence-electron chi connectivity index (χ4n) is 3.31. The number of hydrogen-bond acceptors (Lipinski definition) is 8. The van der Waals surface area contributed by atoms with Gasteiger partial charge in [-0.25, -0.2) is 0 Å². The van der Waals surface area contributed by atoms with E-state index < -0.39 is 54.7 Å². The Kier molecular flexibility index (Phi) is 7.15. The van der Waals surface area contributed by atoms with Crippen LogP contribution in [0.1, 0.15) is 26.7 Å². The summed E-state index contributed by atoms with van der Waals surface area (Å²) in [6.07, 6.45) is -6.56. The van der Waals surface area contributed by atoms with Gasteiger partial charge in [0.15, 0.2) is 0 Å². The van der Waals surface area contributed by atoms with Gasteiger partial charge in [-0.2, -0.15) is 0 Å². The van der Waals surface area contributed by atoms with E-state index in [4.69, 9.17) is 15.2 Å². The molecule has 2 saturated heterocycles. The molecule has 0 aromatic heterocycles. The molecule has 9 heteroatoms. The van der Waals surface area contributed by atoms with E-state index in [9.17, 15) is 25.2 Å². The van der Waals surface area contributed by atoms with Crippen LogP contribution in [0.15, 0.2) is 0 Å². The second-order valence-corrected chi connectivity index (χ2v) is 7.26. The zero-order valence-corrected chi connectivity index (χ0v) is 14.6. The van der Waals surface area contributed by atoms with Gasteiger partial charge in [-0.3, -0.25) is 4.79 Å². The predicted octanol–water partition coefficient (Wildman–Crippen LogP) is -2.52. The molecule has 0 aromatic carbocycles. The van der Waals surface area contributed by atoms with E-state index in [0.717, 1.165) is 0 Å². The van der Waals surface area contributed by atoms with Crippen LogP contribution >= 0.6 is 0 Å². The lowest BCUT2D eigenvalue weighted by molar-refractivity contribution is -0.125. The number of amides is 1. The minimum absolute atomic E-state index is 0.0390. The van der Waals surface area contributed by atoms with E-state index in [1.54, 1.807) is 0 Å². The first kappa shape index (κ1) is 20.5. The van der Waals surface area contributed by atoms with Crippen LogP contribution in [0.2, 0.25) is 0 Å². The van der Waals surface area contributed by atoms with Gasteiger partial charge < -0.3 is 41.0 Å². The number of nitrogens with two attached hydrogens (primary N) is 1. The molecule has 2 fully saturated rings. The maximum absolute atomic E-state index is 12.0. The van der Waals surface area contributed by atoms with Gasteiger partial charge in [-0.05, 0) is 12.3 Å². The minimum atomic E-state index is -1.18. The second-order valence-electron chi connectivity index (χ2n) is 7.26. The molecule has 146 valence electrons. The third kappa shape index (κ3) is 4.88. The molecule has 8 atom stereocenters. The Bertz CT molecular complexity index is 450. The SMILES string of the molecule is CC(C)CC1OC(CNC(=O)CC2OC(CN)C(O)C2O)C(O)C1O. The average molecular weight is 362 g/mol. The van der Waals surface area contributed by atoms with Crippen molar-refractivity contribution >= 4 is 5.91 Å². The zero-order valence-electron chi connectivity index (χ0n) is 14.6. The fourth-order valence-corrected chi connectivity index (χ4v) is 3.31. The average Bonchev–Trinajstić information content (AvgIpc) is 2.97. The molecular formula is C16H30N2O7. The summed E-state index contributed by atoms with van der Waals surface area (Å²) in [6.45, 7) is 4.08. The number of nitrogens with one attached hydrogen (secondary N) is 1. The van der Waals surface area contributed by atoms with E-state index in [1.165, 1.54) is 0 Å². The van der Waals surface area contributed by atoms with Gasteiger partial charge >= 0.3 is 0 Å². The molecule has 0 radical (unpaired) electrons. The van der Waals surface area contributed by atoms with E-state index in [2.05, 4.69) is 5.32 Å². The molecule has 2 aliphatic heterocycles. The highest BCUT2D eigenvalue weighted by Crippen LogP contribution is 2.26. The maximum atomic E-state index is 12.0. The number of rotatable bonds is 7. The summed E-state index contributed by atoms with van der Waals surface area (Å²) in [6, 6.07) is 0. The number of hydrogen-bond donors (Lipinski definition) is 6. The molecule has 8 unspecified atom stereocenters. The van der Waals surface area contributed by atoms with Crippen LogP contribution in [0.4, 0.5) is 0 Å². The molecule has 0 aromatic rings. The fraction of sp³-hybridized carbons (Fsp3) is 0.938. The first-order valence-corrected chi connectivity index (χ1v) is 8.74. The Morgan fingerprint density at radius 3 is 2.04 bits per heavy atom. The number of ether oxygens (including phenoxy) is 2. The number of carbonyl (C=O) groups excluding carboxylic acids is 1. The molecule has 1 amide bonds. The monoisotopic (exact) mass is 362 g/mol. The van der Waals surface area contributed by atoms with Crippen LogP contribution in [0.25, 0.3) is 0 Å². The highest BCUT2D eigenvalue weighted by Gasteiger charge is 2.44. The number of carbonyl (C=O) groups is 1. The summed E-state index contributed by atoms with van der Waals surface area (Å²) >= 11 is 0. The lowest BCUT2D eigenvalue weighted by atomic mass is 10.00. The first-order valence-electron chi connectivity index (χ1n) is 8.74. The number of aliphatic hydroxyl groups excluding tert-OH is 4. The molecule has 2 rings (SSSR count). The summed E-state index contributed by atoms with van der Waals surface area (Å²) in [7, 11) is 0. The van der Waals surface area contributed by atoms with Crippen molar-refractivity contribution in [2.75, 3.05) is 13.1 Å². The largest absolute Gasteiger partial charge is 0.388 e. The van der Waals surface area contributed by atoms with Gasteiger partial charge in [0.1, 0.15) is 30.5 Å². The van der Waals surface area contributed by atoms with Crippen molar-refractivity contribution in [3.05, 3.63) is 0 Å². The van der Waals surface area contributed by atoms with Gasteiger partial charge in [0.25, 0.3) is 0 Å². The summed E-state index contributed by atoms with van der Waals surface area (Å²) in [5, 5.41) is 42.3. The van der Waals surface area contributed by atoms with Crippen LogP contribution in [0.3, 0.4) is 0 Å². The normalized spacial score (nSPS) is 41.4. The lowest BCUT2D eigenvalue weighted by Gasteiger charge is -2.18. The Morgan fingerprint density at radius 2 is 1.48 bits per heavy atom. The summed E-state index contributed by atoms with van der Waals surface area (Å²) in [4.78, 5) is 12.0. The standard InChI is InChI=1S/C16H30N2O7/c1-7(2)3-8-13(20)16(23)11(25-8)6-18-12(19)4-9-14(21)15(22)10(5-17)24-9/h7-11,13-16,20-23H,3-6,17H2,1-2H3,(H,18,19). The topological polar surface area (TPSA) is 154 Å². The van der Waals surface area contributed by atoms with Crippen LogP contribution in [-0.2, 0) is 14.3 Å². The van der Waals surface area contributed by atoms with Gasteiger partial charge in [-0.1, -0.05) is 13.8 Å². The molecular weight excluding hydrogens is 332 g/mol. The Hall–Kier alpha value is -0.810. The third-order valence-electron chi connectivity index (χ3n) is 4.75. The molecule has 0 saturated carbocycles. The van der Waals surface area contributed by atoms with Crippen LogP contribution in [0, 0.1) is 5.92 Å². The summed E-state index contributed by atoms with van der Waals surface area (Å²) in [5.74, 6) is -0.102. The van der Waals surface area contributed by atoms with Crippen molar-refractivity contribution in [1.82, 2.24) is 5.32 Å². The van der Waals surface area contributed by atoms with Crippen molar-refractivity contribution in [3.63, 3.8) is 0 Å². The van der Waals surface area contributed by atoms with Crippen LogP contribution in [-0.4, -0.2) is 88.3 Å². The molecule has 2 heterocycles. The van der Waals surface area contributed by atoms with Gasteiger partial charge in [-0.15, -0.1) is 0 Å². The smallest absolute Gasteiger partial charge is 0.222 e. The van der Waals surface area contributed by atoms with Crippen molar-refractivity contribution in [1.29, 1.82) is 0 Å². The first-order chi connectivity index (χ1) is 11.7. The Morgan fingerprint density at radius 1 is 0.960 bits per heavy atom. The van der Waals surface area contributed by atoms with E-state index >= 15 is 0 Å². The molecule has 9 nitrogen and oxygen atoms in total. The summed E-state index contributed by atoms with van der Waals surface area (Å²) < 4.78 is 11.0. The molecule has 7 N–H and O–H groups in total. The van der Waals surface area contributed by atoms with Gasteiger partial charge in [0, 0.05) is 13.1 Å². The number of aliphatic hydroxyl groups is 4. The van der Waals surface area contributed by atoms with Crippen LogP contribution < -0.4 is 11.1 Å². The van der Waals surface area contributed by atoms with E-state index in [-0.39, 0.29) is 19.5 Å². The van der Waals surface area contributed by atoms with Crippen LogP contribution in [0.5, 0.6) is 0 Å². The van der Waals surface area contributed by atoms with Crippen molar-refractivity contribution in [2.45, 2.75) is 75.5 Å². The van der Waals surface area contributed by atoms with Crippen molar-refractivity contribution in [2.24, 2.45) is 11.7 Å². The third-order valence-corrected chi connectivity index (χ3v) is 4.75. The summed E-state index contributed by atoms with van der Waals surface area (Å²) in [5.41, 5.74) is 5.43. The molecule has 2 aliphatic rings. The lowest BCUT2D eigenvalue weighted by Crippen LogP contribution is -2.41. The maximum Gasteiger partial charge on any atom is 0.222 e.